The standard InChI is InChI=1S/C13H21N3/c1-13(2)6-7-16(10-13)12-5-4-11(8-14-3)9-15-12/h4-5,9,14H,6-8,10H2,1-3H3. The van der Waals surface area contributed by atoms with Crippen LogP contribution in [0.25, 0.3) is 0 Å². The highest BCUT2D eigenvalue weighted by molar-refractivity contribution is 5.41. The number of rotatable bonds is 3. The summed E-state index contributed by atoms with van der Waals surface area (Å²) < 4.78 is 0. The van der Waals surface area contributed by atoms with Crippen LogP contribution in [0.15, 0.2) is 18.3 Å². The molecule has 1 aliphatic heterocycles. The van der Waals surface area contributed by atoms with Crippen molar-refractivity contribution in [2.24, 2.45) is 5.41 Å². The van der Waals surface area contributed by atoms with E-state index in [2.05, 4.69) is 41.2 Å². The number of nitrogens with one attached hydrogen (secondary N) is 1. The minimum atomic E-state index is 0.436. The molecule has 0 amide bonds. The number of aromatic nitrogens is 1. The van der Waals surface area contributed by atoms with Gasteiger partial charge in [0.05, 0.1) is 0 Å². The first-order valence-corrected chi connectivity index (χ1v) is 5.95. The summed E-state index contributed by atoms with van der Waals surface area (Å²) in [6.45, 7) is 7.78. The molecule has 0 atom stereocenters. The molecule has 0 unspecified atom stereocenters. The average molecular weight is 219 g/mol. The van der Waals surface area contributed by atoms with Gasteiger partial charge in [-0.25, -0.2) is 4.98 Å². The summed E-state index contributed by atoms with van der Waals surface area (Å²) in [6.07, 6.45) is 3.23. The Morgan fingerprint density at radius 1 is 1.44 bits per heavy atom. The van der Waals surface area contributed by atoms with E-state index in [4.69, 9.17) is 0 Å². The first-order chi connectivity index (χ1) is 7.61. The Morgan fingerprint density at radius 3 is 2.75 bits per heavy atom. The lowest BCUT2D eigenvalue weighted by atomic mass is 9.93. The number of anilines is 1. The monoisotopic (exact) mass is 219 g/mol. The topological polar surface area (TPSA) is 28.2 Å². The largest absolute Gasteiger partial charge is 0.356 e. The molecular weight excluding hydrogens is 198 g/mol. The number of hydrogen-bond donors (Lipinski definition) is 1. The maximum Gasteiger partial charge on any atom is 0.128 e. The van der Waals surface area contributed by atoms with Crippen LogP contribution in [0.5, 0.6) is 0 Å². The molecule has 88 valence electrons. The van der Waals surface area contributed by atoms with Gasteiger partial charge in [0.15, 0.2) is 0 Å². The van der Waals surface area contributed by atoms with E-state index in [9.17, 15) is 0 Å². The summed E-state index contributed by atoms with van der Waals surface area (Å²) in [5.41, 5.74) is 1.68. The van der Waals surface area contributed by atoms with Gasteiger partial charge in [0, 0.05) is 25.8 Å². The van der Waals surface area contributed by atoms with E-state index in [-0.39, 0.29) is 0 Å². The van der Waals surface area contributed by atoms with Crippen molar-refractivity contribution >= 4 is 5.82 Å². The maximum absolute atomic E-state index is 4.53. The molecule has 1 saturated heterocycles. The third-order valence-electron chi connectivity index (χ3n) is 3.19. The van der Waals surface area contributed by atoms with E-state index >= 15 is 0 Å². The summed E-state index contributed by atoms with van der Waals surface area (Å²) >= 11 is 0. The van der Waals surface area contributed by atoms with Gasteiger partial charge in [0.25, 0.3) is 0 Å². The van der Waals surface area contributed by atoms with E-state index in [0.717, 1.165) is 25.5 Å². The van der Waals surface area contributed by atoms with Crippen molar-refractivity contribution in [3.05, 3.63) is 23.9 Å². The lowest BCUT2D eigenvalue weighted by Gasteiger charge is -2.20. The van der Waals surface area contributed by atoms with Crippen molar-refractivity contribution in [3.63, 3.8) is 0 Å². The second kappa shape index (κ2) is 4.42. The molecule has 1 fully saturated rings. The fourth-order valence-corrected chi connectivity index (χ4v) is 2.22. The smallest absolute Gasteiger partial charge is 0.128 e. The van der Waals surface area contributed by atoms with Gasteiger partial charge >= 0.3 is 0 Å². The highest BCUT2D eigenvalue weighted by Gasteiger charge is 2.29. The van der Waals surface area contributed by atoms with Crippen LogP contribution in [0.1, 0.15) is 25.8 Å². The molecule has 0 radical (unpaired) electrons. The molecule has 0 aromatic carbocycles. The molecule has 0 bridgehead atoms. The Hall–Kier alpha value is -1.09. The van der Waals surface area contributed by atoms with Gasteiger partial charge in [-0.1, -0.05) is 19.9 Å². The van der Waals surface area contributed by atoms with Gasteiger partial charge in [-0.15, -0.1) is 0 Å². The Morgan fingerprint density at radius 2 is 2.25 bits per heavy atom. The zero-order valence-corrected chi connectivity index (χ0v) is 10.5. The fourth-order valence-electron chi connectivity index (χ4n) is 2.22. The second-order valence-corrected chi connectivity index (χ2v) is 5.39. The third-order valence-corrected chi connectivity index (χ3v) is 3.19. The number of pyridine rings is 1. The SMILES string of the molecule is CNCc1ccc(N2CCC(C)(C)C2)nc1. The van der Waals surface area contributed by atoms with E-state index < -0.39 is 0 Å². The summed E-state index contributed by atoms with van der Waals surface area (Å²) in [5.74, 6) is 1.12. The summed E-state index contributed by atoms with van der Waals surface area (Å²) in [7, 11) is 1.96. The highest BCUT2D eigenvalue weighted by atomic mass is 15.2. The Kier molecular flexibility index (Phi) is 3.15. The molecule has 1 aromatic rings. The van der Waals surface area contributed by atoms with Gasteiger partial charge in [0.2, 0.25) is 0 Å². The van der Waals surface area contributed by atoms with Gasteiger partial charge in [0.1, 0.15) is 5.82 Å². The van der Waals surface area contributed by atoms with Crippen LogP contribution in [0.2, 0.25) is 0 Å². The van der Waals surface area contributed by atoms with Crippen LogP contribution in [-0.2, 0) is 6.54 Å². The summed E-state index contributed by atoms with van der Waals surface area (Å²) in [6, 6.07) is 4.29. The van der Waals surface area contributed by atoms with Crippen molar-refractivity contribution in [1.29, 1.82) is 0 Å². The molecule has 3 heteroatoms. The highest BCUT2D eigenvalue weighted by Crippen LogP contribution is 2.31. The van der Waals surface area contributed by atoms with Crippen molar-refractivity contribution in [1.82, 2.24) is 10.3 Å². The minimum Gasteiger partial charge on any atom is -0.356 e. The van der Waals surface area contributed by atoms with Crippen LogP contribution in [-0.4, -0.2) is 25.1 Å². The summed E-state index contributed by atoms with van der Waals surface area (Å²) in [5, 5.41) is 3.13. The minimum absolute atomic E-state index is 0.436. The molecule has 3 nitrogen and oxygen atoms in total. The van der Waals surface area contributed by atoms with Gasteiger partial charge in [-0.2, -0.15) is 0 Å². The Labute approximate surface area is 97.9 Å². The normalized spacial score (nSPS) is 19.1. The first kappa shape index (κ1) is 11.4. The van der Waals surface area contributed by atoms with Crippen LogP contribution >= 0.6 is 0 Å². The number of nitrogens with zero attached hydrogens (tertiary/aromatic N) is 2. The molecule has 2 heterocycles. The molecule has 0 aliphatic carbocycles. The zero-order valence-electron chi connectivity index (χ0n) is 10.5. The first-order valence-electron chi connectivity index (χ1n) is 5.95. The van der Waals surface area contributed by atoms with Gasteiger partial charge < -0.3 is 10.2 Å². The zero-order chi connectivity index (χ0) is 11.6. The molecule has 1 N–H and O–H groups in total. The van der Waals surface area contributed by atoms with Gasteiger partial charge in [-0.3, -0.25) is 0 Å². The molecule has 2 rings (SSSR count). The van der Waals surface area contributed by atoms with Crippen LogP contribution in [0.3, 0.4) is 0 Å². The number of hydrogen-bond acceptors (Lipinski definition) is 3. The fraction of sp³-hybridized carbons (Fsp3) is 0.615. The maximum atomic E-state index is 4.53. The van der Waals surface area contributed by atoms with Crippen molar-refractivity contribution in [2.45, 2.75) is 26.8 Å². The molecule has 1 aromatic heterocycles. The van der Waals surface area contributed by atoms with Crippen molar-refractivity contribution in [3.8, 4) is 0 Å². The average Bonchev–Trinajstić information content (AvgIpc) is 2.61. The van der Waals surface area contributed by atoms with E-state index in [1.54, 1.807) is 0 Å². The predicted octanol–water partition coefficient (Wildman–Crippen LogP) is 2.04. The Bertz CT molecular complexity index is 343. The molecule has 16 heavy (non-hydrogen) atoms. The third kappa shape index (κ3) is 2.53. The van der Waals surface area contributed by atoms with E-state index in [1.807, 2.05) is 13.2 Å². The van der Waals surface area contributed by atoms with Gasteiger partial charge in [-0.05, 0) is 30.5 Å². The quantitative estimate of drug-likeness (QED) is 0.843. The summed E-state index contributed by atoms with van der Waals surface area (Å²) in [4.78, 5) is 6.91. The van der Waals surface area contributed by atoms with E-state index in [0.29, 0.717) is 5.41 Å². The Balaban J connectivity index is 2.05. The lowest BCUT2D eigenvalue weighted by Crippen LogP contribution is -2.23. The van der Waals surface area contributed by atoms with Crippen LogP contribution in [0, 0.1) is 5.41 Å². The molecule has 0 saturated carbocycles. The van der Waals surface area contributed by atoms with Crippen LogP contribution < -0.4 is 10.2 Å². The molecule has 1 aliphatic rings. The van der Waals surface area contributed by atoms with Crippen LogP contribution in [0.4, 0.5) is 5.82 Å². The lowest BCUT2D eigenvalue weighted by molar-refractivity contribution is 0.418. The van der Waals surface area contributed by atoms with Crippen molar-refractivity contribution < 1.29 is 0 Å². The predicted molar refractivity (Wildman–Crippen MR) is 67.6 cm³/mol. The molecule has 0 spiro atoms. The van der Waals surface area contributed by atoms with Crippen molar-refractivity contribution in [2.75, 3.05) is 25.0 Å². The van der Waals surface area contributed by atoms with E-state index in [1.165, 1.54) is 12.0 Å². The second-order valence-electron chi connectivity index (χ2n) is 5.39. The molecular formula is C13H21N3.